The van der Waals surface area contributed by atoms with Crippen LogP contribution in [0.4, 0.5) is 0 Å². The molecule has 0 spiro atoms. The number of aliphatic imine (C=N–C) groups is 3. The van der Waals surface area contributed by atoms with Crippen LogP contribution in [0, 0.1) is 24.7 Å². The van der Waals surface area contributed by atoms with Crippen molar-refractivity contribution in [3.8, 4) is 0 Å². The molecule has 0 amide bonds. The van der Waals surface area contributed by atoms with Crippen LogP contribution in [0.5, 0.6) is 0 Å². The van der Waals surface area contributed by atoms with Crippen LogP contribution in [0.15, 0.2) is 125 Å². The van der Waals surface area contributed by atoms with Crippen LogP contribution in [0.25, 0.3) is 5.57 Å². The van der Waals surface area contributed by atoms with E-state index in [0.717, 1.165) is 79.9 Å². The van der Waals surface area contributed by atoms with Crippen molar-refractivity contribution in [2.75, 3.05) is 0 Å². The number of allylic oxidation sites excluding steroid dienone is 12. The second-order valence-electron chi connectivity index (χ2n) is 14.4. The van der Waals surface area contributed by atoms with E-state index in [9.17, 15) is 9.90 Å². The van der Waals surface area contributed by atoms with Crippen LogP contribution in [-0.2, 0) is 4.79 Å². The van der Waals surface area contributed by atoms with E-state index < -0.39 is 0 Å². The number of nitrogens with zero attached hydrogens (tertiary/aromatic N) is 3. The molecule has 1 aromatic carbocycles. The molecule has 8 bridgehead atoms. The maximum Gasteiger partial charge on any atom is 0.129 e. The third kappa shape index (κ3) is 4.99. The predicted molar refractivity (Wildman–Crippen MR) is 197 cm³/mol. The van der Waals surface area contributed by atoms with Crippen molar-refractivity contribution in [1.29, 1.82) is 0 Å². The number of nitrogens with one attached hydrogen (secondary N) is 1. The predicted octanol–water partition coefficient (Wildman–Crippen LogP) is 9.52. The highest BCUT2D eigenvalue weighted by Crippen LogP contribution is 2.48. The minimum absolute atomic E-state index is 0.0531. The normalized spacial score (nSPS) is 23.5. The van der Waals surface area contributed by atoms with Gasteiger partial charge in [0.1, 0.15) is 11.5 Å². The molecule has 0 saturated carbocycles. The summed E-state index contributed by atoms with van der Waals surface area (Å²) in [6.07, 6.45) is 6.74. The van der Waals surface area contributed by atoms with Crippen LogP contribution >= 0.6 is 0 Å². The fourth-order valence-corrected chi connectivity index (χ4v) is 8.38. The molecule has 2 N–H and O–H groups in total. The fourth-order valence-electron chi connectivity index (χ4n) is 8.38. The van der Waals surface area contributed by atoms with Gasteiger partial charge in [-0.3, -0.25) is 0 Å². The zero-order chi connectivity index (χ0) is 34.2. The number of rotatable bonds is 6. The molecular formula is C42H46N4O2. The lowest BCUT2D eigenvalue weighted by molar-refractivity contribution is -0.117. The molecule has 5 aliphatic heterocycles. The van der Waals surface area contributed by atoms with Gasteiger partial charge in [0, 0.05) is 52.8 Å². The zero-order valence-electron chi connectivity index (χ0n) is 29.7. The Bertz CT molecular complexity index is 2040. The van der Waals surface area contributed by atoms with E-state index in [2.05, 4.69) is 97.1 Å². The Morgan fingerprint density at radius 1 is 0.917 bits per heavy atom. The van der Waals surface area contributed by atoms with Gasteiger partial charge >= 0.3 is 0 Å². The molecule has 5 heterocycles. The van der Waals surface area contributed by atoms with Gasteiger partial charge in [-0.1, -0.05) is 57.5 Å². The Kier molecular flexibility index (Phi) is 7.89. The molecule has 6 nitrogen and oxygen atoms in total. The lowest BCUT2D eigenvalue weighted by Crippen LogP contribution is -2.16. The van der Waals surface area contributed by atoms with Gasteiger partial charge in [0.25, 0.3) is 0 Å². The van der Waals surface area contributed by atoms with E-state index in [1.54, 1.807) is 6.92 Å². The van der Waals surface area contributed by atoms with Crippen LogP contribution in [0.1, 0.15) is 92.2 Å². The van der Waals surface area contributed by atoms with E-state index in [4.69, 9.17) is 15.0 Å². The van der Waals surface area contributed by atoms with E-state index in [1.165, 1.54) is 27.9 Å². The zero-order valence-corrected chi connectivity index (χ0v) is 29.7. The van der Waals surface area contributed by atoms with Crippen molar-refractivity contribution >= 4 is 28.5 Å². The number of aliphatic hydroxyl groups excluding tert-OH is 1. The molecule has 0 aromatic heterocycles. The van der Waals surface area contributed by atoms with Crippen molar-refractivity contribution in [3.05, 3.63) is 121 Å². The summed E-state index contributed by atoms with van der Waals surface area (Å²) in [5.41, 5.74) is 18.6. The summed E-state index contributed by atoms with van der Waals surface area (Å²) < 4.78 is 0. The maximum atomic E-state index is 12.4. The average molecular weight is 639 g/mol. The first-order valence-electron chi connectivity index (χ1n) is 17.5. The maximum absolute atomic E-state index is 12.4. The first-order valence-corrected chi connectivity index (χ1v) is 17.5. The first-order chi connectivity index (χ1) is 22.9. The molecule has 1 aliphatic carbocycles. The van der Waals surface area contributed by atoms with Crippen molar-refractivity contribution in [2.45, 2.75) is 88.0 Å². The number of carbonyl (C=O) groups excluding carboxylic acids is 1. The Hall–Kier alpha value is -4.58. The molecule has 7 rings (SSSR count). The second-order valence-corrected chi connectivity index (χ2v) is 14.4. The summed E-state index contributed by atoms with van der Waals surface area (Å²) >= 11 is 0. The van der Waals surface area contributed by atoms with E-state index in [0.29, 0.717) is 25.0 Å². The molecular weight excluding hydrogens is 592 g/mol. The molecule has 1 fully saturated rings. The molecule has 2 atom stereocenters. The Morgan fingerprint density at radius 3 is 2.31 bits per heavy atom. The van der Waals surface area contributed by atoms with Crippen molar-refractivity contribution < 1.29 is 9.90 Å². The largest absolute Gasteiger partial charge is 0.511 e. The highest BCUT2D eigenvalue weighted by molar-refractivity contribution is 6.34. The van der Waals surface area contributed by atoms with Crippen LogP contribution in [0.2, 0.25) is 0 Å². The number of fused-ring (bicyclic) bond motifs is 5. The molecule has 6 heteroatoms. The summed E-state index contributed by atoms with van der Waals surface area (Å²) in [7, 11) is 0. The number of benzene rings is 1. The lowest BCUT2D eigenvalue weighted by Gasteiger charge is -2.19. The first kappa shape index (κ1) is 32.0. The van der Waals surface area contributed by atoms with Crippen LogP contribution in [0.3, 0.4) is 0 Å². The van der Waals surface area contributed by atoms with Crippen molar-refractivity contribution in [1.82, 2.24) is 5.32 Å². The third-order valence-electron chi connectivity index (χ3n) is 11.0. The topological polar surface area (TPSA) is 86.4 Å². The quantitative estimate of drug-likeness (QED) is 0.325. The summed E-state index contributed by atoms with van der Waals surface area (Å²) in [5, 5.41) is 15.4. The summed E-state index contributed by atoms with van der Waals surface area (Å²) in [5.74, 6) is 0.921. The van der Waals surface area contributed by atoms with Gasteiger partial charge in [0.2, 0.25) is 0 Å². The van der Waals surface area contributed by atoms with Crippen molar-refractivity contribution in [3.63, 3.8) is 0 Å². The minimum atomic E-state index is 0.0531. The standard InChI is InChI=1S/C42H46N4O2/c1-10-28-23(6)31-19-34-36(20(2)3)26(9)40(45-34)38(27-14-11-21(4)12-15-27)39-24(7)29(16-13-22(5)47)41(46-39)30-17-35(48)37-25(8)32(44-42(30)37)18-33(28)43-31/h11-12,14-15,18-20,24,29,46,48H,10,13,16-17H2,1-9H3/t24-,29-/m0/s1. The van der Waals surface area contributed by atoms with E-state index in [1.807, 2.05) is 0 Å². The number of hydrogen-bond donors (Lipinski definition) is 2. The lowest BCUT2D eigenvalue weighted by atomic mass is 9.83. The number of aryl methyl sites for hydroxylation is 1. The van der Waals surface area contributed by atoms with Crippen LogP contribution < -0.4 is 5.32 Å². The summed E-state index contributed by atoms with van der Waals surface area (Å²) in [6.45, 7) is 19.1. The average Bonchev–Trinajstić information content (AvgIpc) is 3.79. The number of hydrogen-bond acceptors (Lipinski definition) is 6. The number of Topliss-reactive ketones (excluding diaryl/α,β-unsaturated/α-hetero) is 1. The van der Waals surface area contributed by atoms with Gasteiger partial charge in [-0.25, -0.2) is 15.0 Å². The molecule has 246 valence electrons. The molecule has 6 aliphatic rings. The molecule has 1 aromatic rings. The monoisotopic (exact) mass is 638 g/mol. The summed E-state index contributed by atoms with van der Waals surface area (Å²) in [4.78, 5) is 28.3. The van der Waals surface area contributed by atoms with Gasteiger partial charge in [-0.05, 0) is 99.0 Å². The highest BCUT2D eigenvalue weighted by atomic mass is 16.3. The number of ketones is 1. The Labute approximate surface area is 284 Å². The molecule has 0 radical (unpaired) electrons. The van der Waals surface area contributed by atoms with Gasteiger partial charge in [0.05, 0.1) is 34.2 Å². The fraction of sp³-hybridized carbons (Fsp3) is 0.381. The van der Waals surface area contributed by atoms with Crippen molar-refractivity contribution in [2.24, 2.45) is 32.7 Å². The molecule has 48 heavy (non-hydrogen) atoms. The van der Waals surface area contributed by atoms with E-state index >= 15 is 0 Å². The third-order valence-corrected chi connectivity index (χ3v) is 11.0. The van der Waals surface area contributed by atoms with Gasteiger partial charge in [-0.15, -0.1) is 0 Å². The Balaban J connectivity index is 1.58. The SMILES string of the molecule is CCC1=C(C)C2=NC1=CC1=C(C)C3=C(O)CC(=C4NC(=C(c5ccc(C)cc5)C5=NC(=C2)C(C(C)C)=C5C)[C@@H](C)[C@@H]4CCC(C)=O)C3=N1. The minimum Gasteiger partial charge on any atom is -0.511 e. The number of carbonyl (C=O) groups is 1. The molecule has 1 saturated heterocycles. The van der Waals surface area contributed by atoms with Gasteiger partial charge in [-0.2, -0.15) is 0 Å². The Morgan fingerprint density at radius 2 is 1.65 bits per heavy atom. The number of aliphatic hydroxyl groups is 1. The van der Waals surface area contributed by atoms with Gasteiger partial charge < -0.3 is 15.2 Å². The van der Waals surface area contributed by atoms with E-state index in [-0.39, 0.29) is 23.5 Å². The smallest absolute Gasteiger partial charge is 0.129 e. The second kappa shape index (κ2) is 11.8. The molecule has 0 unspecified atom stereocenters. The highest BCUT2D eigenvalue weighted by Gasteiger charge is 2.43. The van der Waals surface area contributed by atoms with Gasteiger partial charge in [0.15, 0.2) is 0 Å². The summed E-state index contributed by atoms with van der Waals surface area (Å²) in [6, 6.07) is 8.73. The van der Waals surface area contributed by atoms with Crippen LogP contribution in [-0.4, -0.2) is 28.0 Å².